The van der Waals surface area contributed by atoms with Crippen LogP contribution in [0.5, 0.6) is 0 Å². The number of rotatable bonds is 2. The van der Waals surface area contributed by atoms with E-state index in [1.54, 1.807) is 12.1 Å². The summed E-state index contributed by atoms with van der Waals surface area (Å²) >= 11 is 0. The summed E-state index contributed by atoms with van der Waals surface area (Å²) in [6, 6.07) is 11.8. The van der Waals surface area contributed by atoms with E-state index in [0.29, 0.717) is 6.04 Å². The van der Waals surface area contributed by atoms with Crippen molar-refractivity contribution < 1.29 is 4.39 Å². The van der Waals surface area contributed by atoms with E-state index in [2.05, 4.69) is 37.4 Å². The maximum Gasteiger partial charge on any atom is 0.123 e. The molecule has 1 aliphatic carbocycles. The SMILES string of the molecule is Cc1cccc(NC2CCc3cc(F)ccc32)c1C. The fraction of sp³-hybridized carbons (Fsp3) is 0.294. The molecule has 1 unspecified atom stereocenters. The molecule has 0 bridgehead atoms. The maximum atomic E-state index is 13.2. The van der Waals surface area contributed by atoms with Crippen LogP contribution in [0.15, 0.2) is 36.4 Å². The number of benzene rings is 2. The molecule has 3 rings (SSSR count). The fourth-order valence-corrected chi connectivity index (χ4v) is 2.83. The molecule has 0 saturated carbocycles. The van der Waals surface area contributed by atoms with Crippen LogP contribution >= 0.6 is 0 Å². The molecule has 1 atom stereocenters. The molecule has 1 N–H and O–H groups in total. The monoisotopic (exact) mass is 255 g/mol. The van der Waals surface area contributed by atoms with Gasteiger partial charge in [0.1, 0.15) is 5.82 Å². The van der Waals surface area contributed by atoms with Gasteiger partial charge in [0.15, 0.2) is 0 Å². The summed E-state index contributed by atoms with van der Waals surface area (Å²) in [7, 11) is 0. The van der Waals surface area contributed by atoms with E-state index in [-0.39, 0.29) is 5.82 Å². The van der Waals surface area contributed by atoms with Gasteiger partial charge in [0.05, 0.1) is 6.04 Å². The van der Waals surface area contributed by atoms with Gasteiger partial charge in [-0.3, -0.25) is 0 Å². The Bertz CT molecular complexity index is 619. The van der Waals surface area contributed by atoms with Crippen LogP contribution in [0.25, 0.3) is 0 Å². The Morgan fingerprint density at radius 2 is 2.00 bits per heavy atom. The van der Waals surface area contributed by atoms with E-state index in [4.69, 9.17) is 0 Å². The standard InChI is InChI=1S/C17H18FN/c1-11-4-3-5-16(12(11)2)19-17-9-6-13-10-14(18)7-8-15(13)17/h3-5,7-8,10,17,19H,6,9H2,1-2H3. The molecule has 19 heavy (non-hydrogen) atoms. The normalized spacial score (nSPS) is 17.3. The highest BCUT2D eigenvalue weighted by Gasteiger charge is 2.23. The first kappa shape index (κ1) is 12.2. The van der Waals surface area contributed by atoms with E-state index >= 15 is 0 Å². The first-order valence-electron chi connectivity index (χ1n) is 6.76. The van der Waals surface area contributed by atoms with Crippen LogP contribution in [0.4, 0.5) is 10.1 Å². The van der Waals surface area contributed by atoms with Crippen LogP contribution in [0.1, 0.15) is 34.7 Å². The van der Waals surface area contributed by atoms with Crippen molar-refractivity contribution in [3.63, 3.8) is 0 Å². The molecule has 98 valence electrons. The zero-order valence-electron chi connectivity index (χ0n) is 11.3. The number of anilines is 1. The van der Waals surface area contributed by atoms with Crippen molar-refractivity contribution in [2.24, 2.45) is 0 Å². The predicted molar refractivity (Wildman–Crippen MR) is 77.0 cm³/mol. The van der Waals surface area contributed by atoms with Gasteiger partial charge in [0, 0.05) is 5.69 Å². The van der Waals surface area contributed by atoms with E-state index in [1.165, 1.54) is 22.4 Å². The summed E-state index contributed by atoms with van der Waals surface area (Å²) in [6.07, 6.45) is 1.99. The number of halogens is 1. The van der Waals surface area contributed by atoms with Crippen molar-refractivity contribution in [3.8, 4) is 0 Å². The molecule has 0 saturated heterocycles. The van der Waals surface area contributed by atoms with Crippen molar-refractivity contribution in [1.29, 1.82) is 0 Å². The van der Waals surface area contributed by atoms with Gasteiger partial charge in [-0.05, 0) is 67.1 Å². The van der Waals surface area contributed by atoms with Crippen LogP contribution in [-0.2, 0) is 6.42 Å². The summed E-state index contributed by atoms with van der Waals surface area (Å²) in [5.74, 6) is -0.133. The summed E-state index contributed by atoms with van der Waals surface area (Å²) < 4.78 is 13.2. The Hall–Kier alpha value is -1.83. The van der Waals surface area contributed by atoms with Crippen molar-refractivity contribution in [2.75, 3.05) is 5.32 Å². The van der Waals surface area contributed by atoms with E-state index in [9.17, 15) is 4.39 Å². The Balaban J connectivity index is 1.89. The lowest BCUT2D eigenvalue weighted by Gasteiger charge is -2.18. The topological polar surface area (TPSA) is 12.0 Å². The van der Waals surface area contributed by atoms with E-state index in [1.807, 2.05) is 6.07 Å². The zero-order chi connectivity index (χ0) is 13.4. The third kappa shape index (κ3) is 2.23. The van der Waals surface area contributed by atoms with E-state index < -0.39 is 0 Å². The minimum atomic E-state index is -0.133. The highest BCUT2D eigenvalue weighted by molar-refractivity contribution is 5.56. The van der Waals surface area contributed by atoms with Gasteiger partial charge in [-0.1, -0.05) is 18.2 Å². The molecular weight excluding hydrogens is 237 g/mol. The highest BCUT2D eigenvalue weighted by atomic mass is 19.1. The average Bonchev–Trinajstić information content (AvgIpc) is 2.77. The van der Waals surface area contributed by atoms with Crippen LogP contribution in [0.2, 0.25) is 0 Å². The van der Waals surface area contributed by atoms with Gasteiger partial charge < -0.3 is 5.32 Å². The van der Waals surface area contributed by atoms with Gasteiger partial charge in [-0.15, -0.1) is 0 Å². The summed E-state index contributed by atoms with van der Waals surface area (Å²) in [4.78, 5) is 0. The second-order valence-corrected chi connectivity index (χ2v) is 5.33. The molecule has 0 aliphatic heterocycles. The van der Waals surface area contributed by atoms with Crippen molar-refractivity contribution in [2.45, 2.75) is 32.7 Å². The molecule has 0 heterocycles. The molecule has 1 nitrogen and oxygen atoms in total. The fourth-order valence-electron chi connectivity index (χ4n) is 2.83. The molecule has 2 aromatic rings. The van der Waals surface area contributed by atoms with Crippen molar-refractivity contribution in [3.05, 3.63) is 64.5 Å². The molecule has 1 aliphatic rings. The number of hydrogen-bond donors (Lipinski definition) is 1. The van der Waals surface area contributed by atoms with Crippen molar-refractivity contribution in [1.82, 2.24) is 0 Å². The minimum absolute atomic E-state index is 0.133. The maximum absolute atomic E-state index is 13.2. The molecule has 0 aromatic heterocycles. The Labute approximate surface area is 113 Å². The Morgan fingerprint density at radius 3 is 2.84 bits per heavy atom. The van der Waals surface area contributed by atoms with Gasteiger partial charge >= 0.3 is 0 Å². The van der Waals surface area contributed by atoms with Gasteiger partial charge in [0.25, 0.3) is 0 Å². The minimum Gasteiger partial charge on any atom is -0.378 e. The third-order valence-electron chi connectivity index (χ3n) is 4.12. The van der Waals surface area contributed by atoms with Crippen LogP contribution < -0.4 is 5.32 Å². The number of aryl methyl sites for hydroxylation is 2. The lowest BCUT2D eigenvalue weighted by Crippen LogP contribution is -2.08. The first-order chi connectivity index (χ1) is 9.15. The molecule has 2 heteroatoms. The number of fused-ring (bicyclic) bond motifs is 1. The Kier molecular flexibility index (Phi) is 3.02. The third-order valence-corrected chi connectivity index (χ3v) is 4.12. The largest absolute Gasteiger partial charge is 0.378 e. The molecule has 0 fully saturated rings. The molecule has 0 radical (unpaired) electrons. The highest BCUT2D eigenvalue weighted by Crippen LogP contribution is 2.35. The quantitative estimate of drug-likeness (QED) is 0.830. The molecule has 2 aromatic carbocycles. The molecule has 0 spiro atoms. The second-order valence-electron chi connectivity index (χ2n) is 5.33. The van der Waals surface area contributed by atoms with Crippen LogP contribution in [-0.4, -0.2) is 0 Å². The predicted octanol–water partition coefficient (Wildman–Crippen LogP) is 4.54. The molecular formula is C17H18FN. The average molecular weight is 255 g/mol. The van der Waals surface area contributed by atoms with Crippen LogP contribution in [0.3, 0.4) is 0 Å². The number of hydrogen-bond acceptors (Lipinski definition) is 1. The number of nitrogens with one attached hydrogen (secondary N) is 1. The second kappa shape index (κ2) is 4.69. The van der Waals surface area contributed by atoms with Crippen molar-refractivity contribution >= 4 is 5.69 Å². The first-order valence-corrected chi connectivity index (χ1v) is 6.76. The summed E-state index contributed by atoms with van der Waals surface area (Å²) in [6.45, 7) is 4.26. The Morgan fingerprint density at radius 1 is 1.16 bits per heavy atom. The lowest BCUT2D eigenvalue weighted by molar-refractivity contribution is 0.626. The lowest BCUT2D eigenvalue weighted by atomic mass is 10.0. The van der Waals surface area contributed by atoms with Gasteiger partial charge in [-0.25, -0.2) is 4.39 Å². The summed E-state index contributed by atoms with van der Waals surface area (Å²) in [5, 5.41) is 3.60. The van der Waals surface area contributed by atoms with E-state index in [0.717, 1.165) is 18.4 Å². The van der Waals surface area contributed by atoms with Gasteiger partial charge in [-0.2, -0.15) is 0 Å². The molecule has 0 amide bonds. The summed E-state index contributed by atoms with van der Waals surface area (Å²) in [5.41, 5.74) is 6.15. The zero-order valence-corrected chi connectivity index (χ0v) is 11.3. The smallest absolute Gasteiger partial charge is 0.123 e. The van der Waals surface area contributed by atoms with Crippen LogP contribution in [0, 0.1) is 19.7 Å². The van der Waals surface area contributed by atoms with Gasteiger partial charge in [0.2, 0.25) is 0 Å².